The number of thiazole rings is 1. The molecule has 4 N–H and O–H groups in total. The minimum atomic E-state index is -0.948. The summed E-state index contributed by atoms with van der Waals surface area (Å²) in [7, 11) is 0. The van der Waals surface area contributed by atoms with Crippen molar-refractivity contribution in [1.82, 2.24) is 15.6 Å². The first-order valence-electron chi connectivity index (χ1n) is 11.9. The number of aromatic nitrogens is 1. The number of anilines is 2. The number of rotatable bonds is 6. The molecular weight excluding hydrogens is 454 g/mol. The van der Waals surface area contributed by atoms with Gasteiger partial charge in [0, 0.05) is 61.3 Å². The molecule has 0 atom stereocenters. The number of nitrogens with zero attached hydrogens (tertiary/aromatic N) is 2. The standard InChI is InChI=1S/C24H33N5O4S/c1-15(2)33-24(32)28-18-7-8-19(20(13-18)29-11-9-25-10-12-29)21-14-26-22(34-21)16-3-5-17(6-4-16)27-23(30)31/h7-8,13-17,25,27H,3-6,9-12H2,1-2H3,(H,28,32)(H,30,31). The van der Waals surface area contributed by atoms with Crippen LogP contribution in [-0.4, -0.2) is 60.6 Å². The number of carbonyl (C=O) groups is 2. The van der Waals surface area contributed by atoms with Crippen LogP contribution in [0.15, 0.2) is 24.4 Å². The minimum absolute atomic E-state index is 0.0370. The maximum Gasteiger partial charge on any atom is 0.411 e. The number of hydrogen-bond donors (Lipinski definition) is 4. The first-order chi connectivity index (χ1) is 16.4. The summed E-state index contributed by atoms with van der Waals surface area (Å²) < 4.78 is 5.23. The molecule has 2 heterocycles. The third-order valence-corrected chi connectivity index (χ3v) is 7.43. The molecule has 184 valence electrons. The maximum absolute atomic E-state index is 12.1. The van der Waals surface area contributed by atoms with Gasteiger partial charge in [0.2, 0.25) is 0 Å². The smallest absolute Gasteiger partial charge is 0.411 e. The molecule has 2 amide bonds. The fraction of sp³-hybridized carbons (Fsp3) is 0.542. The molecule has 2 fully saturated rings. The lowest BCUT2D eigenvalue weighted by Crippen LogP contribution is -2.43. The van der Waals surface area contributed by atoms with Gasteiger partial charge in [-0.25, -0.2) is 14.6 Å². The van der Waals surface area contributed by atoms with Crippen molar-refractivity contribution in [2.24, 2.45) is 0 Å². The Morgan fingerprint density at radius 1 is 1.21 bits per heavy atom. The molecule has 1 aliphatic carbocycles. The molecule has 1 saturated carbocycles. The van der Waals surface area contributed by atoms with E-state index in [1.165, 1.54) is 0 Å². The lowest BCUT2D eigenvalue weighted by molar-refractivity contribution is 0.130. The summed E-state index contributed by atoms with van der Waals surface area (Å²) in [5, 5.41) is 18.9. The number of carboxylic acid groups (broad SMARTS) is 1. The molecule has 34 heavy (non-hydrogen) atoms. The predicted octanol–water partition coefficient (Wildman–Crippen LogP) is 4.47. The molecule has 0 radical (unpaired) electrons. The van der Waals surface area contributed by atoms with Gasteiger partial charge >= 0.3 is 12.2 Å². The molecule has 0 bridgehead atoms. The molecule has 0 unspecified atom stereocenters. The van der Waals surface area contributed by atoms with E-state index in [-0.39, 0.29) is 12.1 Å². The molecule has 9 nitrogen and oxygen atoms in total. The summed E-state index contributed by atoms with van der Waals surface area (Å²) >= 11 is 1.71. The van der Waals surface area contributed by atoms with Gasteiger partial charge in [0.25, 0.3) is 0 Å². The highest BCUT2D eigenvalue weighted by Crippen LogP contribution is 2.41. The SMILES string of the molecule is CC(C)OC(=O)Nc1ccc(-c2cnc(C3CCC(NC(=O)O)CC3)s2)c(N2CCNCC2)c1. The zero-order valence-corrected chi connectivity index (χ0v) is 20.5. The van der Waals surface area contributed by atoms with E-state index in [9.17, 15) is 9.59 Å². The van der Waals surface area contributed by atoms with Crippen molar-refractivity contribution in [3.05, 3.63) is 29.4 Å². The van der Waals surface area contributed by atoms with E-state index in [0.29, 0.717) is 11.6 Å². The summed E-state index contributed by atoms with van der Waals surface area (Å²) in [6, 6.07) is 6.01. The van der Waals surface area contributed by atoms with E-state index in [1.54, 1.807) is 11.3 Å². The topological polar surface area (TPSA) is 116 Å². The average Bonchev–Trinajstić information content (AvgIpc) is 3.29. The van der Waals surface area contributed by atoms with Crippen molar-refractivity contribution >= 4 is 34.9 Å². The first kappa shape index (κ1) is 24.3. The summed E-state index contributed by atoms with van der Waals surface area (Å²) in [4.78, 5) is 31.2. The maximum atomic E-state index is 12.1. The summed E-state index contributed by atoms with van der Waals surface area (Å²) in [6.07, 6.45) is 3.90. The Labute approximate surface area is 203 Å². The van der Waals surface area contributed by atoms with Crippen LogP contribution < -0.4 is 20.9 Å². The van der Waals surface area contributed by atoms with Crippen LogP contribution in [0.5, 0.6) is 0 Å². The number of amides is 2. The number of ether oxygens (including phenoxy) is 1. The second-order valence-electron chi connectivity index (χ2n) is 9.11. The molecule has 1 aliphatic heterocycles. The van der Waals surface area contributed by atoms with Gasteiger partial charge in [-0.05, 0) is 57.7 Å². The van der Waals surface area contributed by atoms with Crippen LogP contribution in [0.25, 0.3) is 10.4 Å². The molecular formula is C24H33N5O4S. The predicted molar refractivity (Wildman–Crippen MR) is 134 cm³/mol. The Morgan fingerprint density at radius 3 is 2.62 bits per heavy atom. The van der Waals surface area contributed by atoms with Crippen molar-refractivity contribution in [3.8, 4) is 10.4 Å². The van der Waals surface area contributed by atoms with Gasteiger partial charge in [-0.15, -0.1) is 11.3 Å². The highest BCUT2D eigenvalue weighted by molar-refractivity contribution is 7.15. The Balaban J connectivity index is 1.53. The molecule has 4 rings (SSSR count). The van der Waals surface area contributed by atoms with E-state index in [4.69, 9.17) is 14.8 Å². The van der Waals surface area contributed by atoms with E-state index in [0.717, 1.165) is 73.0 Å². The number of nitrogens with one attached hydrogen (secondary N) is 3. The number of carbonyl (C=O) groups excluding carboxylic acids is 1. The van der Waals surface area contributed by atoms with Crippen LogP contribution in [0.2, 0.25) is 0 Å². The van der Waals surface area contributed by atoms with Crippen LogP contribution in [0.4, 0.5) is 21.0 Å². The van der Waals surface area contributed by atoms with E-state index in [1.807, 2.05) is 38.2 Å². The summed E-state index contributed by atoms with van der Waals surface area (Å²) in [5.74, 6) is 0.361. The van der Waals surface area contributed by atoms with Crippen LogP contribution in [0, 0.1) is 0 Å². The van der Waals surface area contributed by atoms with Crippen LogP contribution in [0.3, 0.4) is 0 Å². The van der Waals surface area contributed by atoms with Crippen molar-refractivity contribution in [3.63, 3.8) is 0 Å². The third-order valence-electron chi connectivity index (χ3n) is 6.24. The summed E-state index contributed by atoms with van der Waals surface area (Å²) in [6.45, 7) is 7.25. The zero-order chi connectivity index (χ0) is 24.1. The highest BCUT2D eigenvalue weighted by atomic mass is 32.1. The van der Waals surface area contributed by atoms with E-state index in [2.05, 4.69) is 20.9 Å². The molecule has 1 aromatic heterocycles. The Kier molecular flexibility index (Phi) is 7.89. The van der Waals surface area contributed by atoms with Gasteiger partial charge in [-0.1, -0.05) is 0 Å². The van der Waals surface area contributed by atoms with Gasteiger partial charge in [-0.2, -0.15) is 0 Å². The lowest BCUT2D eigenvalue weighted by atomic mass is 9.86. The van der Waals surface area contributed by atoms with Crippen molar-refractivity contribution < 1.29 is 19.4 Å². The molecule has 2 aromatic rings. The highest BCUT2D eigenvalue weighted by Gasteiger charge is 2.26. The number of hydrogen-bond acceptors (Lipinski definition) is 7. The number of benzene rings is 1. The van der Waals surface area contributed by atoms with Gasteiger partial charge in [0.1, 0.15) is 0 Å². The molecule has 1 aromatic carbocycles. The zero-order valence-electron chi connectivity index (χ0n) is 19.7. The van der Waals surface area contributed by atoms with Gasteiger partial charge in [0.05, 0.1) is 16.0 Å². The molecule has 1 saturated heterocycles. The van der Waals surface area contributed by atoms with Crippen molar-refractivity contribution in [1.29, 1.82) is 0 Å². The second kappa shape index (κ2) is 11.1. The fourth-order valence-corrected chi connectivity index (χ4v) is 5.73. The van der Waals surface area contributed by atoms with Gasteiger partial charge < -0.3 is 25.4 Å². The van der Waals surface area contributed by atoms with Crippen molar-refractivity contribution in [2.45, 2.75) is 57.6 Å². The third kappa shape index (κ3) is 6.18. The average molecular weight is 488 g/mol. The molecule has 2 aliphatic rings. The largest absolute Gasteiger partial charge is 0.465 e. The normalized spacial score (nSPS) is 20.7. The van der Waals surface area contributed by atoms with Gasteiger partial charge in [0.15, 0.2) is 0 Å². The molecule has 0 spiro atoms. The minimum Gasteiger partial charge on any atom is -0.465 e. The lowest BCUT2D eigenvalue weighted by Gasteiger charge is -2.31. The number of piperazine rings is 1. The van der Waals surface area contributed by atoms with Crippen molar-refractivity contribution in [2.75, 3.05) is 36.4 Å². The van der Waals surface area contributed by atoms with Crippen LogP contribution in [-0.2, 0) is 4.74 Å². The van der Waals surface area contributed by atoms with Crippen LogP contribution in [0.1, 0.15) is 50.5 Å². The van der Waals surface area contributed by atoms with E-state index < -0.39 is 12.2 Å². The Morgan fingerprint density at radius 2 is 1.94 bits per heavy atom. The Bertz CT molecular complexity index is 997. The quantitative estimate of drug-likeness (QED) is 0.475. The first-order valence-corrected chi connectivity index (χ1v) is 12.7. The van der Waals surface area contributed by atoms with Crippen LogP contribution >= 0.6 is 11.3 Å². The van der Waals surface area contributed by atoms with E-state index >= 15 is 0 Å². The van der Waals surface area contributed by atoms with Gasteiger partial charge in [-0.3, -0.25) is 5.32 Å². The monoisotopic (exact) mass is 487 g/mol. The Hall–Kier alpha value is -2.85. The fourth-order valence-electron chi connectivity index (χ4n) is 4.61. The summed E-state index contributed by atoms with van der Waals surface area (Å²) in [5.41, 5.74) is 2.89. The molecule has 10 heteroatoms. The second-order valence-corrected chi connectivity index (χ2v) is 10.2.